The Morgan fingerprint density at radius 2 is 2.22 bits per heavy atom. The van der Waals surface area contributed by atoms with Crippen molar-refractivity contribution >= 4 is 5.71 Å². The van der Waals surface area contributed by atoms with E-state index < -0.39 is 0 Å². The first-order chi connectivity index (χ1) is 8.85. The molecule has 0 amide bonds. The van der Waals surface area contributed by atoms with E-state index in [9.17, 15) is 0 Å². The van der Waals surface area contributed by atoms with Crippen LogP contribution >= 0.6 is 0 Å². The van der Waals surface area contributed by atoms with Gasteiger partial charge in [0.15, 0.2) is 0 Å². The first-order valence-electron chi connectivity index (χ1n) is 6.46. The summed E-state index contributed by atoms with van der Waals surface area (Å²) in [4.78, 5) is 0. The van der Waals surface area contributed by atoms with Crippen molar-refractivity contribution < 1.29 is 14.7 Å². The van der Waals surface area contributed by atoms with Crippen LogP contribution in [0.2, 0.25) is 0 Å². The van der Waals surface area contributed by atoms with E-state index in [-0.39, 0.29) is 0 Å². The number of oxime groups is 1. The molecule has 0 spiro atoms. The molecule has 1 aromatic rings. The van der Waals surface area contributed by atoms with Gasteiger partial charge in [0.05, 0.1) is 6.61 Å². The summed E-state index contributed by atoms with van der Waals surface area (Å²) in [6.45, 7) is 3.25. The minimum atomic E-state index is 0.325. The molecule has 1 aromatic carbocycles. The van der Waals surface area contributed by atoms with Gasteiger partial charge in [-0.3, -0.25) is 0 Å². The van der Waals surface area contributed by atoms with Gasteiger partial charge >= 0.3 is 0 Å². The molecule has 0 unspecified atom stereocenters. The summed E-state index contributed by atoms with van der Waals surface area (Å²) in [7, 11) is 0. The van der Waals surface area contributed by atoms with Gasteiger partial charge in [0, 0.05) is 11.6 Å². The molecule has 0 aromatic heterocycles. The molecule has 98 valence electrons. The Morgan fingerprint density at radius 1 is 1.33 bits per heavy atom. The van der Waals surface area contributed by atoms with Crippen molar-refractivity contribution in [2.24, 2.45) is 5.16 Å². The van der Waals surface area contributed by atoms with E-state index >= 15 is 0 Å². The molecule has 2 rings (SSSR count). The summed E-state index contributed by atoms with van der Waals surface area (Å²) in [5, 5.41) is 12.0. The molecule has 0 saturated carbocycles. The zero-order valence-corrected chi connectivity index (χ0v) is 10.7. The molecule has 0 radical (unpaired) electrons. The molecular formula is C14H19NO3. The molecule has 1 aliphatic heterocycles. The molecule has 1 N–H and O–H groups in total. The van der Waals surface area contributed by atoms with Crippen molar-refractivity contribution in [1.29, 1.82) is 0 Å². The number of unbranched alkanes of at least 4 members (excludes halogenated alkanes) is 3. The quantitative estimate of drug-likeness (QED) is 0.478. The highest BCUT2D eigenvalue weighted by Crippen LogP contribution is 2.29. The van der Waals surface area contributed by atoms with Gasteiger partial charge in [-0.05, 0) is 18.6 Å². The summed E-state index contributed by atoms with van der Waals surface area (Å²) >= 11 is 0. The number of nitrogens with zero attached hydrogens (tertiary/aromatic N) is 1. The van der Waals surface area contributed by atoms with Crippen molar-refractivity contribution in [3.05, 3.63) is 23.8 Å². The Morgan fingerprint density at radius 3 is 3.00 bits per heavy atom. The summed E-state index contributed by atoms with van der Waals surface area (Å²) < 4.78 is 11.1. The lowest BCUT2D eigenvalue weighted by atomic mass is 10.1. The highest BCUT2D eigenvalue weighted by molar-refractivity contribution is 6.05. The van der Waals surface area contributed by atoms with Crippen molar-refractivity contribution in [3.63, 3.8) is 0 Å². The molecule has 0 aliphatic carbocycles. The zero-order chi connectivity index (χ0) is 12.8. The number of ether oxygens (including phenoxy) is 2. The molecule has 0 fully saturated rings. The Kier molecular flexibility index (Phi) is 4.45. The highest BCUT2D eigenvalue weighted by atomic mass is 16.5. The molecule has 0 saturated heterocycles. The van der Waals surface area contributed by atoms with E-state index in [1.54, 1.807) is 0 Å². The van der Waals surface area contributed by atoms with Crippen LogP contribution in [-0.4, -0.2) is 24.1 Å². The molecule has 1 aliphatic rings. The third kappa shape index (κ3) is 2.94. The van der Waals surface area contributed by atoms with Gasteiger partial charge in [0.1, 0.15) is 23.8 Å². The van der Waals surface area contributed by atoms with Crippen LogP contribution in [-0.2, 0) is 0 Å². The van der Waals surface area contributed by atoms with Crippen molar-refractivity contribution in [1.82, 2.24) is 0 Å². The summed E-state index contributed by atoms with van der Waals surface area (Å²) in [6, 6.07) is 5.62. The number of hydrogen-bond donors (Lipinski definition) is 1. The van der Waals surface area contributed by atoms with Gasteiger partial charge in [-0.25, -0.2) is 0 Å². The predicted octanol–water partition coefficient (Wildman–Crippen LogP) is 3.22. The van der Waals surface area contributed by atoms with Gasteiger partial charge in [0.2, 0.25) is 0 Å². The average Bonchev–Trinajstić information content (AvgIpc) is 2.80. The summed E-state index contributed by atoms with van der Waals surface area (Å²) in [6.07, 6.45) is 4.78. The van der Waals surface area contributed by atoms with Crippen LogP contribution in [0.3, 0.4) is 0 Å². The van der Waals surface area contributed by atoms with E-state index in [4.69, 9.17) is 14.7 Å². The molecule has 4 heteroatoms. The van der Waals surface area contributed by atoms with Crippen LogP contribution in [0.5, 0.6) is 11.5 Å². The molecular weight excluding hydrogens is 230 g/mol. The highest BCUT2D eigenvalue weighted by Gasteiger charge is 2.20. The minimum Gasteiger partial charge on any atom is -0.493 e. The van der Waals surface area contributed by atoms with Crippen LogP contribution in [0.4, 0.5) is 0 Å². The average molecular weight is 249 g/mol. The van der Waals surface area contributed by atoms with Gasteiger partial charge in [-0.1, -0.05) is 31.3 Å². The second-order valence-electron chi connectivity index (χ2n) is 4.40. The number of fused-ring (bicyclic) bond motifs is 1. The standard InChI is InChI=1S/C14H19NO3/c1-2-3-4-5-8-17-11-6-7-12-13(15-16)10-18-14(12)9-11/h6-7,9,16H,2-5,8,10H2,1H3. The second kappa shape index (κ2) is 6.28. The van der Waals surface area contributed by atoms with Gasteiger partial charge < -0.3 is 14.7 Å². The third-order valence-electron chi connectivity index (χ3n) is 3.02. The van der Waals surface area contributed by atoms with Crippen molar-refractivity contribution in [2.45, 2.75) is 32.6 Å². The molecule has 0 atom stereocenters. The fraction of sp³-hybridized carbons (Fsp3) is 0.500. The fourth-order valence-electron chi connectivity index (χ4n) is 1.98. The largest absolute Gasteiger partial charge is 0.493 e. The van der Waals surface area contributed by atoms with Gasteiger partial charge in [-0.15, -0.1) is 0 Å². The van der Waals surface area contributed by atoms with E-state index in [0.717, 1.165) is 30.1 Å². The van der Waals surface area contributed by atoms with Crippen molar-refractivity contribution in [3.8, 4) is 11.5 Å². The first-order valence-corrected chi connectivity index (χ1v) is 6.46. The Hall–Kier alpha value is -1.71. The van der Waals surface area contributed by atoms with E-state index in [1.807, 2.05) is 18.2 Å². The molecule has 0 bridgehead atoms. The first kappa shape index (κ1) is 12.7. The van der Waals surface area contributed by atoms with E-state index in [2.05, 4.69) is 12.1 Å². The fourth-order valence-corrected chi connectivity index (χ4v) is 1.98. The number of hydrogen-bond acceptors (Lipinski definition) is 4. The van der Waals surface area contributed by atoms with Crippen molar-refractivity contribution in [2.75, 3.05) is 13.2 Å². The minimum absolute atomic E-state index is 0.325. The smallest absolute Gasteiger partial charge is 0.134 e. The van der Waals surface area contributed by atoms with Crippen LogP contribution < -0.4 is 9.47 Å². The Balaban J connectivity index is 1.88. The lowest BCUT2D eigenvalue weighted by Crippen LogP contribution is -2.01. The van der Waals surface area contributed by atoms with Crippen LogP contribution in [0.15, 0.2) is 23.4 Å². The maximum atomic E-state index is 8.78. The van der Waals surface area contributed by atoms with E-state index in [0.29, 0.717) is 12.3 Å². The number of rotatable bonds is 6. The molecule has 18 heavy (non-hydrogen) atoms. The van der Waals surface area contributed by atoms with E-state index in [1.165, 1.54) is 19.3 Å². The molecule has 4 nitrogen and oxygen atoms in total. The monoisotopic (exact) mass is 249 g/mol. The lowest BCUT2D eigenvalue weighted by Gasteiger charge is -2.07. The summed E-state index contributed by atoms with van der Waals surface area (Å²) in [5.41, 5.74) is 1.41. The topological polar surface area (TPSA) is 51.0 Å². The van der Waals surface area contributed by atoms with Crippen LogP contribution in [0.25, 0.3) is 0 Å². The summed E-state index contributed by atoms with van der Waals surface area (Å²) in [5.74, 6) is 1.54. The predicted molar refractivity (Wildman–Crippen MR) is 69.9 cm³/mol. The normalized spacial score (nSPS) is 15.5. The number of benzene rings is 1. The van der Waals surface area contributed by atoms with Gasteiger partial charge in [0.25, 0.3) is 0 Å². The van der Waals surface area contributed by atoms with Crippen LogP contribution in [0.1, 0.15) is 38.2 Å². The Bertz CT molecular complexity index is 429. The maximum absolute atomic E-state index is 8.78. The molecule has 1 heterocycles. The Labute approximate surface area is 107 Å². The third-order valence-corrected chi connectivity index (χ3v) is 3.02. The van der Waals surface area contributed by atoms with Gasteiger partial charge in [-0.2, -0.15) is 0 Å². The second-order valence-corrected chi connectivity index (χ2v) is 4.40. The zero-order valence-electron chi connectivity index (χ0n) is 10.7. The maximum Gasteiger partial charge on any atom is 0.134 e. The lowest BCUT2D eigenvalue weighted by molar-refractivity contribution is 0.302. The SMILES string of the molecule is CCCCCCOc1ccc2c(c1)OCC2=NO. The van der Waals surface area contributed by atoms with Crippen LogP contribution in [0, 0.1) is 0 Å².